The van der Waals surface area contributed by atoms with Gasteiger partial charge in [-0.25, -0.2) is 4.99 Å². The highest BCUT2D eigenvalue weighted by atomic mass is 32.2. The second-order valence-electron chi connectivity index (χ2n) is 15.1. The van der Waals surface area contributed by atoms with Gasteiger partial charge in [-0.3, -0.25) is 5.32 Å². The lowest BCUT2D eigenvalue weighted by molar-refractivity contribution is 0.409. The average molecular weight is 753 g/mol. The summed E-state index contributed by atoms with van der Waals surface area (Å²) >= 11 is 1.97. The first-order valence-electron chi connectivity index (χ1n) is 19.6. The molecule has 0 fully saturated rings. The molecule has 12 rings (SSSR count). The summed E-state index contributed by atoms with van der Waals surface area (Å²) in [7, 11) is 0. The molecule has 4 unspecified atom stereocenters. The van der Waals surface area contributed by atoms with Gasteiger partial charge in [0.05, 0.1) is 11.0 Å². The molecule has 0 bridgehead atoms. The molecule has 9 aromatic rings. The van der Waals surface area contributed by atoms with Crippen molar-refractivity contribution < 1.29 is 4.42 Å². The van der Waals surface area contributed by atoms with Gasteiger partial charge in [-0.1, -0.05) is 152 Å². The minimum absolute atomic E-state index is 0.117. The van der Waals surface area contributed by atoms with Crippen molar-refractivity contribution in [3.05, 3.63) is 204 Å². The van der Waals surface area contributed by atoms with Crippen LogP contribution in [0.25, 0.3) is 60.6 Å². The molecular weight excluding hydrogens is 717 g/mol. The van der Waals surface area contributed by atoms with Gasteiger partial charge in [0.2, 0.25) is 0 Å². The van der Waals surface area contributed by atoms with Crippen LogP contribution in [0, 0.1) is 0 Å². The molecule has 0 amide bonds. The summed E-state index contributed by atoms with van der Waals surface area (Å²) in [6.45, 7) is 0. The molecule has 57 heavy (non-hydrogen) atoms. The van der Waals surface area contributed by atoms with Crippen LogP contribution in [-0.2, 0) is 0 Å². The summed E-state index contributed by atoms with van der Waals surface area (Å²) in [6.07, 6.45) is 8.79. The van der Waals surface area contributed by atoms with Gasteiger partial charge in [0, 0.05) is 60.0 Å². The van der Waals surface area contributed by atoms with Crippen LogP contribution in [0.2, 0.25) is 0 Å². The van der Waals surface area contributed by atoms with E-state index in [1.165, 1.54) is 32.3 Å². The second-order valence-corrected chi connectivity index (χ2v) is 16.3. The molecule has 0 saturated carbocycles. The predicted molar refractivity (Wildman–Crippen MR) is 235 cm³/mol. The van der Waals surface area contributed by atoms with Crippen LogP contribution >= 0.6 is 11.8 Å². The number of hydrogen-bond donors (Lipinski definition) is 2. The van der Waals surface area contributed by atoms with E-state index in [1.54, 1.807) is 0 Å². The SMILES string of the molecule is C1=CC2Sc3c(-c4cccc5c4oc4ccccc45)cc(-n4c5ccccc5c5ccc(C6=NC(c7ccccc7)NC(c7ccccc7)N6)cc54)cc3C2C=C1. The largest absolute Gasteiger partial charge is 0.455 e. The number of thioether (sulfide) groups is 1. The highest BCUT2D eigenvalue weighted by molar-refractivity contribution is 8.00. The molecule has 272 valence electrons. The van der Waals surface area contributed by atoms with Gasteiger partial charge in [0.1, 0.15) is 29.3 Å². The molecule has 0 spiro atoms. The molecular formula is C51H36N4OS. The zero-order chi connectivity index (χ0) is 37.5. The van der Waals surface area contributed by atoms with Gasteiger partial charge < -0.3 is 14.3 Å². The number of nitrogens with zero attached hydrogens (tertiary/aromatic N) is 2. The third-order valence-corrected chi connectivity index (χ3v) is 13.2. The number of benzene rings is 7. The normalized spacial score (nSPS) is 19.9. The Kier molecular flexibility index (Phi) is 7.43. The molecule has 2 aromatic heterocycles. The lowest BCUT2D eigenvalue weighted by atomic mass is 9.89. The van der Waals surface area contributed by atoms with Crippen LogP contribution in [0.15, 0.2) is 196 Å². The number of para-hydroxylation sites is 3. The van der Waals surface area contributed by atoms with Crippen LogP contribution in [0.4, 0.5) is 0 Å². The predicted octanol–water partition coefficient (Wildman–Crippen LogP) is 12.4. The minimum atomic E-state index is -0.211. The Bertz CT molecular complexity index is 3140. The molecule has 7 aromatic carbocycles. The first-order chi connectivity index (χ1) is 28.2. The van der Waals surface area contributed by atoms with Crippen LogP contribution < -0.4 is 10.6 Å². The van der Waals surface area contributed by atoms with E-state index in [4.69, 9.17) is 9.41 Å². The van der Waals surface area contributed by atoms with E-state index in [1.807, 2.05) is 17.8 Å². The summed E-state index contributed by atoms with van der Waals surface area (Å²) in [5.74, 6) is 1.14. The van der Waals surface area contributed by atoms with Crippen molar-refractivity contribution in [3.63, 3.8) is 0 Å². The molecule has 1 aliphatic carbocycles. The van der Waals surface area contributed by atoms with Crippen molar-refractivity contribution in [2.75, 3.05) is 0 Å². The van der Waals surface area contributed by atoms with E-state index >= 15 is 0 Å². The fourth-order valence-electron chi connectivity index (χ4n) is 9.14. The fourth-order valence-corrected chi connectivity index (χ4v) is 10.6. The molecule has 2 aliphatic heterocycles. The van der Waals surface area contributed by atoms with Crippen LogP contribution in [-0.4, -0.2) is 15.7 Å². The number of furan rings is 1. The van der Waals surface area contributed by atoms with E-state index in [0.29, 0.717) is 5.25 Å². The van der Waals surface area contributed by atoms with Crippen molar-refractivity contribution in [2.24, 2.45) is 4.99 Å². The molecule has 6 heteroatoms. The molecule has 5 nitrogen and oxygen atoms in total. The zero-order valence-electron chi connectivity index (χ0n) is 30.8. The summed E-state index contributed by atoms with van der Waals surface area (Å²) in [4.78, 5) is 6.64. The molecule has 4 atom stereocenters. The van der Waals surface area contributed by atoms with Gasteiger partial charge >= 0.3 is 0 Å². The number of aromatic nitrogens is 1. The number of aliphatic imine (C=N–C) groups is 1. The van der Waals surface area contributed by atoms with Crippen LogP contribution in [0.3, 0.4) is 0 Å². The van der Waals surface area contributed by atoms with E-state index in [2.05, 4.69) is 191 Å². The Morgan fingerprint density at radius 2 is 1.33 bits per heavy atom. The van der Waals surface area contributed by atoms with Gasteiger partial charge in [-0.15, -0.1) is 11.8 Å². The Hall–Kier alpha value is -6.60. The monoisotopic (exact) mass is 752 g/mol. The summed E-state index contributed by atoms with van der Waals surface area (Å²) < 4.78 is 9.14. The van der Waals surface area contributed by atoms with E-state index in [0.717, 1.165) is 61.2 Å². The van der Waals surface area contributed by atoms with Crippen molar-refractivity contribution in [1.82, 2.24) is 15.2 Å². The molecule has 0 radical (unpaired) electrons. The standard InChI is InChI=1S/C51H36N4OS/c1-3-14-31(15-4-1)49-52-50(32-16-5-2-6-17-32)54-51(53-49)33-26-27-36-35-18-7-10-23-43(35)55(44(36)28-33)34-29-41-38-20-9-12-25-46(38)57-48(41)42(30-34)40-22-13-21-39-37-19-8-11-24-45(37)56-47(39)40/h1-30,38,46,49-50,52H,(H,53,54). The number of allylic oxidation sites excluding steroid dienone is 3. The van der Waals surface area contributed by atoms with Crippen LogP contribution in [0.1, 0.15) is 40.5 Å². The topological polar surface area (TPSA) is 54.5 Å². The lowest BCUT2D eigenvalue weighted by Gasteiger charge is -2.32. The van der Waals surface area contributed by atoms with Gasteiger partial charge in [-0.05, 0) is 47.0 Å². The maximum Gasteiger partial charge on any atom is 0.143 e. The van der Waals surface area contributed by atoms with Crippen molar-refractivity contribution in [2.45, 2.75) is 28.4 Å². The summed E-state index contributed by atoms with van der Waals surface area (Å²) in [5, 5.41) is 12.6. The Morgan fingerprint density at radius 3 is 2.21 bits per heavy atom. The number of fused-ring (bicyclic) bond motifs is 9. The Balaban J connectivity index is 1.08. The third-order valence-electron chi connectivity index (χ3n) is 11.8. The van der Waals surface area contributed by atoms with E-state index in [9.17, 15) is 0 Å². The number of hydrogen-bond acceptors (Lipinski definition) is 5. The lowest BCUT2D eigenvalue weighted by Crippen LogP contribution is -2.44. The molecule has 4 heterocycles. The minimum Gasteiger partial charge on any atom is -0.455 e. The Labute approximate surface area is 334 Å². The van der Waals surface area contributed by atoms with Crippen molar-refractivity contribution in [1.29, 1.82) is 0 Å². The smallest absolute Gasteiger partial charge is 0.143 e. The Morgan fingerprint density at radius 1 is 0.596 bits per heavy atom. The van der Waals surface area contributed by atoms with Crippen molar-refractivity contribution in [3.8, 4) is 16.8 Å². The van der Waals surface area contributed by atoms with Crippen molar-refractivity contribution >= 4 is 61.3 Å². The first kappa shape index (κ1) is 32.6. The fraction of sp³-hybridized carbons (Fsp3) is 0.0784. The third kappa shape index (κ3) is 5.25. The average Bonchev–Trinajstić information content (AvgIpc) is 3.96. The van der Waals surface area contributed by atoms with Crippen LogP contribution in [0.5, 0.6) is 0 Å². The summed E-state index contributed by atoms with van der Waals surface area (Å²) in [6, 6.07) is 56.5. The highest BCUT2D eigenvalue weighted by Gasteiger charge is 2.35. The van der Waals surface area contributed by atoms with Gasteiger partial charge in [0.15, 0.2) is 0 Å². The maximum atomic E-state index is 6.68. The molecule has 2 N–H and O–H groups in total. The molecule has 3 aliphatic rings. The summed E-state index contributed by atoms with van der Waals surface area (Å²) in [5.41, 5.74) is 12.3. The quantitative estimate of drug-likeness (QED) is 0.184. The highest BCUT2D eigenvalue weighted by Crippen LogP contribution is 2.54. The van der Waals surface area contributed by atoms with E-state index in [-0.39, 0.29) is 18.2 Å². The maximum absolute atomic E-state index is 6.68. The molecule has 0 saturated heterocycles. The number of rotatable bonds is 5. The van der Waals surface area contributed by atoms with E-state index < -0.39 is 0 Å². The van der Waals surface area contributed by atoms with Gasteiger partial charge in [-0.2, -0.15) is 0 Å². The first-order valence-corrected chi connectivity index (χ1v) is 20.5. The zero-order valence-corrected chi connectivity index (χ0v) is 31.7. The number of amidine groups is 1. The second kappa shape index (κ2) is 13.0. The number of nitrogens with one attached hydrogen (secondary N) is 2. The van der Waals surface area contributed by atoms with Gasteiger partial charge in [0.25, 0.3) is 0 Å².